The van der Waals surface area contributed by atoms with Crippen LogP contribution in [-0.4, -0.2) is 41.3 Å². The van der Waals surface area contributed by atoms with E-state index in [0.717, 1.165) is 43.9 Å². The van der Waals surface area contributed by atoms with Crippen LogP contribution in [0.4, 0.5) is 17.1 Å². The number of nitrogens with two attached hydrogens (primary N) is 1. The highest BCUT2D eigenvalue weighted by Gasteiger charge is 2.43. The van der Waals surface area contributed by atoms with Gasteiger partial charge in [-0.3, -0.25) is 24.6 Å². The number of hydrogen-bond donors (Lipinski definition) is 2. The first-order chi connectivity index (χ1) is 17.1. The van der Waals surface area contributed by atoms with Gasteiger partial charge < -0.3 is 5.32 Å². The van der Waals surface area contributed by atoms with Crippen molar-refractivity contribution < 1.29 is 22.9 Å². The number of nitro benzene ring substituents is 1. The van der Waals surface area contributed by atoms with Gasteiger partial charge in [0.1, 0.15) is 0 Å². The van der Waals surface area contributed by atoms with Crippen molar-refractivity contribution >= 4 is 61.4 Å². The zero-order valence-electron chi connectivity index (χ0n) is 18.8. The monoisotopic (exact) mass is 527 g/mol. The third-order valence-corrected chi connectivity index (χ3v) is 8.31. The smallest absolute Gasteiger partial charge is 0.270 e. The van der Waals surface area contributed by atoms with Crippen molar-refractivity contribution in [1.82, 2.24) is 4.90 Å². The fraction of sp³-hybridized carbons (Fsp3) is 0.261. The fourth-order valence-electron chi connectivity index (χ4n) is 4.59. The minimum Gasteiger partial charge on any atom is -0.321 e. The Morgan fingerprint density at radius 2 is 1.78 bits per heavy atom. The molecule has 13 heteroatoms. The minimum atomic E-state index is -3.87. The van der Waals surface area contributed by atoms with Crippen LogP contribution in [0.15, 0.2) is 57.3 Å². The van der Waals surface area contributed by atoms with Crippen LogP contribution in [0, 0.1) is 10.1 Å². The van der Waals surface area contributed by atoms with Crippen LogP contribution >= 0.6 is 11.8 Å². The van der Waals surface area contributed by atoms with Gasteiger partial charge in [0.2, 0.25) is 10.0 Å². The van der Waals surface area contributed by atoms with Crippen molar-refractivity contribution in [3.63, 3.8) is 0 Å². The van der Waals surface area contributed by atoms with Crippen LogP contribution in [0.2, 0.25) is 0 Å². The van der Waals surface area contributed by atoms with E-state index >= 15 is 0 Å². The molecule has 5 rings (SSSR count). The molecule has 2 aromatic carbocycles. The van der Waals surface area contributed by atoms with Crippen LogP contribution in [0.25, 0.3) is 5.57 Å². The average molecular weight is 528 g/mol. The Balaban J connectivity index is 1.60. The number of nitrogens with zero attached hydrogens (tertiary/aromatic N) is 3. The molecular formula is C23H21N5O6S2. The van der Waals surface area contributed by atoms with Gasteiger partial charge in [-0.25, -0.2) is 18.5 Å². The van der Waals surface area contributed by atoms with Crippen molar-refractivity contribution in [3.8, 4) is 0 Å². The van der Waals surface area contributed by atoms with Crippen molar-refractivity contribution in [2.75, 3.05) is 5.32 Å². The standard InChI is InChI=1S/C23H21N5O6S2/c24-36(33,34)16-9-6-13(7-10-16)25-23-27(14-4-2-1-3-5-14)22(30)20(35-23)19-17-12-15(28(31)32)8-11-18(17)26-21(19)29/h6-12,14H,1-5H2,(H,26,29)(H2,24,33,34)/b20-19-,25-23-. The van der Waals surface area contributed by atoms with Gasteiger partial charge in [-0.2, -0.15) is 0 Å². The number of sulfonamides is 1. The van der Waals surface area contributed by atoms with Gasteiger partial charge in [0, 0.05) is 29.4 Å². The first kappa shape index (κ1) is 24.2. The lowest BCUT2D eigenvalue weighted by Crippen LogP contribution is -2.40. The molecule has 0 radical (unpaired) electrons. The van der Waals surface area contributed by atoms with Gasteiger partial charge in [0.15, 0.2) is 5.17 Å². The second-order valence-corrected chi connectivity index (χ2v) is 11.2. The van der Waals surface area contributed by atoms with E-state index in [1.807, 2.05) is 0 Å². The number of carbonyl (C=O) groups is 2. The quantitative estimate of drug-likeness (QED) is 0.349. The molecule has 1 saturated heterocycles. The Hall–Kier alpha value is -3.55. The SMILES string of the molecule is NS(=O)(=O)c1ccc(/N=C2\S/C(=C3\C(=O)Nc4ccc([N+](=O)[O-])cc43)C(=O)N2C2CCCCC2)cc1. The maximum absolute atomic E-state index is 13.7. The van der Waals surface area contributed by atoms with E-state index in [9.17, 15) is 28.1 Å². The highest BCUT2D eigenvalue weighted by molar-refractivity contribution is 8.18. The molecule has 3 N–H and O–H groups in total. The van der Waals surface area contributed by atoms with Crippen molar-refractivity contribution in [3.05, 3.63) is 63.0 Å². The number of hydrogen-bond acceptors (Lipinski definition) is 8. The summed E-state index contributed by atoms with van der Waals surface area (Å²) in [6.45, 7) is 0. The summed E-state index contributed by atoms with van der Waals surface area (Å²) in [6.07, 6.45) is 4.55. The number of non-ortho nitro benzene ring substituents is 1. The maximum Gasteiger partial charge on any atom is 0.270 e. The Bertz CT molecular complexity index is 1460. The van der Waals surface area contributed by atoms with E-state index in [-0.39, 0.29) is 33.0 Å². The van der Waals surface area contributed by atoms with Crippen LogP contribution in [0.5, 0.6) is 0 Å². The first-order valence-corrected chi connectivity index (χ1v) is 13.6. The van der Waals surface area contributed by atoms with Gasteiger partial charge in [-0.1, -0.05) is 19.3 Å². The predicted molar refractivity (Wildman–Crippen MR) is 135 cm³/mol. The predicted octanol–water partition coefficient (Wildman–Crippen LogP) is 3.50. The molecule has 0 aromatic heterocycles. The topological polar surface area (TPSA) is 165 Å². The van der Waals surface area contributed by atoms with E-state index < -0.39 is 20.9 Å². The number of thioether (sulfide) groups is 1. The Labute approximate surface area is 210 Å². The molecule has 2 fully saturated rings. The van der Waals surface area contributed by atoms with Crippen LogP contribution in [0.1, 0.15) is 37.7 Å². The molecule has 1 saturated carbocycles. The molecule has 186 valence electrons. The van der Waals surface area contributed by atoms with E-state index in [0.29, 0.717) is 22.1 Å². The molecule has 0 bridgehead atoms. The van der Waals surface area contributed by atoms with Crippen LogP contribution in [0.3, 0.4) is 0 Å². The lowest BCUT2D eigenvalue weighted by molar-refractivity contribution is -0.384. The van der Waals surface area contributed by atoms with Crippen molar-refractivity contribution in [2.45, 2.75) is 43.0 Å². The van der Waals surface area contributed by atoms with Gasteiger partial charge in [0.25, 0.3) is 17.5 Å². The molecule has 2 amide bonds. The number of nitro groups is 1. The molecule has 3 aliphatic rings. The number of rotatable bonds is 4. The number of nitrogens with one attached hydrogen (secondary N) is 1. The van der Waals surface area contributed by atoms with Gasteiger partial charge in [-0.15, -0.1) is 0 Å². The Kier molecular flexibility index (Phi) is 6.14. The molecule has 36 heavy (non-hydrogen) atoms. The van der Waals surface area contributed by atoms with Crippen molar-refractivity contribution in [2.24, 2.45) is 10.1 Å². The summed E-state index contributed by atoms with van der Waals surface area (Å²) in [4.78, 5) is 43.7. The van der Waals surface area contributed by atoms with Gasteiger partial charge in [-0.05, 0) is 54.9 Å². The van der Waals surface area contributed by atoms with E-state index in [4.69, 9.17) is 5.14 Å². The molecule has 0 atom stereocenters. The molecule has 11 nitrogen and oxygen atoms in total. The number of aliphatic imine (C=N–C) groups is 1. The van der Waals surface area contributed by atoms with Crippen LogP contribution in [-0.2, 0) is 19.6 Å². The van der Waals surface area contributed by atoms with Gasteiger partial charge >= 0.3 is 0 Å². The number of amides is 2. The van der Waals surface area contributed by atoms with E-state index in [1.165, 1.54) is 42.5 Å². The summed E-state index contributed by atoms with van der Waals surface area (Å²) in [6, 6.07) is 9.57. The third kappa shape index (κ3) is 4.40. The summed E-state index contributed by atoms with van der Waals surface area (Å²) < 4.78 is 23.2. The molecule has 2 heterocycles. The molecule has 0 unspecified atom stereocenters. The lowest BCUT2D eigenvalue weighted by atomic mass is 9.94. The largest absolute Gasteiger partial charge is 0.321 e. The van der Waals surface area contributed by atoms with E-state index in [2.05, 4.69) is 10.3 Å². The highest BCUT2D eigenvalue weighted by atomic mass is 32.2. The van der Waals surface area contributed by atoms with Crippen LogP contribution < -0.4 is 10.5 Å². The molecule has 2 aromatic rings. The highest BCUT2D eigenvalue weighted by Crippen LogP contribution is 2.45. The number of anilines is 1. The summed E-state index contributed by atoms with van der Waals surface area (Å²) in [5.41, 5.74) is 1.00. The summed E-state index contributed by atoms with van der Waals surface area (Å²) in [5.74, 6) is -0.889. The maximum atomic E-state index is 13.7. The fourth-order valence-corrected chi connectivity index (χ4v) is 6.26. The minimum absolute atomic E-state index is 0.0608. The number of fused-ring (bicyclic) bond motifs is 1. The summed E-state index contributed by atoms with van der Waals surface area (Å²) in [7, 11) is -3.87. The number of carbonyl (C=O) groups excluding carboxylic acids is 2. The lowest BCUT2D eigenvalue weighted by Gasteiger charge is -2.30. The van der Waals surface area contributed by atoms with Crippen molar-refractivity contribution in [1.29, 1.82) is 0 Å². The normalized spacial score (nSPS) is 21.7. The zero-order valence-corrected chi connectivity index (χ0v) is 20.5. The molecule has 1 aliphatic carbocycles. The zero-order chi connectivity index (χ0) is 25.6. The third-order valence-electron chi connectivity index (χ3n) is 6.33. The first-order valence-electron chi connectivity index (χ1n) is 11.2. The number of benzene rings is 2. The second kappa shape index (κ2) is 9.15. The Morgan fingerprint density at radius 1 is 1.08 bits per heavy atom. The van der Waals surface area contributed by atoms with Gasteiger partial charge in [0.05, 0.1) is 26.0 Å². The van der Waals surface area contributed by atoms with E-state index in [1.54, 1.807) is 4.90 Å². The average Bonchev–Trinajstić information content (AvgIpc) is 3.33. The molecule has 2 aliphatic heterocycles. The number of amidine groups is 1. The number of primary sulfonamides is 1. The summed E-state index contributed by atoms with van der Waals surface area (Å²) >= 11 is 1.04. The summed E-state index contributed by atoms with van der Waals surface area (Å²) in [5, 5.41) is 19.5. The second-order valence-electron chi connectivity index (χ2n) is 8.65. The molecular weight excluding hydrogens is 506 g/mol. The Morgan fingerprint density at radius 3 is 2.42 bits per heavy atom. The molecule has 0 spiro atoms.